The molecule has 1 aromatic rings. The Morgan fingerprint density at radius 2 is 1.92 bits per heavy atom. The second kappa shape index (κ2) is 8.49. The van der Waals surface area contributed by atoms with Crippen LogP contribution in [0.2, 0.25) is 0 Å². The van der Waals surface area contributed by atoms with E-state index in [0.717, 1.165) is 26.1 Å². The number of benzene rings is 1. The van der Waals surface area contributed by atoms with Crippen LogP contribution in [0.25, 0.3) is 0 Å². The van der Waals surface area contributed by atoms with Gasteiger partial charge in [0, 0.05) is 45.9 Å². The average Bonchev–Trinajstić information content (AvgIpc) is 2.52. The summed E-state index contributed by atoms with van der Waals surface area (Å²) in [6.45, 7) is 9.66. The molecule has 1 unspecified atom stereocenters. The van der Waals surface area contributed by atoms with Crippen molar-refractivity contribution in [1.82, 2.24) is 9.80 Å². The number of nitrogens with zero attached hydrogens (tertiary/aromatic N) is 2. The molecule has 0 aromatic heterocycles. The summed E-state index contributed by atoms with van der Waals surface area (Å²) in [6.07, 6.45) is 0.601. The van der Waals surface area contributed by atoms with E-state index in [1.54, 1.807) is 7.11 Å². The third-order valence-electron chi connectivity index (χ3n) is 4.10. The third kappa shape index (κ3) is 5.80. The maximum absolute atomic E-state index is 12.5. The van der Waals surface area contributed by atoms with Crippen LogP contribution in [0.5, 0.6) is 0 Å². The fraction of sp³-hybridized carbons (Fsp3) is 0.632. The first kappa shape index (κ1) is 18.7. The number of amides is 1. The molecule has 134 valence electrons. The molecule has 1 saturated heterocycles. The van der Waals surface area contributed by atoms with Crippen molar-refractivity contribution < 1.29 is 14.3 Å². The topological polar surface area (TPSA) is 42.0 Å². The number of carbonyl (C=O) groups excluding carboxylic acids is 1. The van der Waals surface area contributed by atoms with E-state index < -0.39 is 5.60 Å². The Morgan fingerprint density at radius 3 is 2.54 bits per heavy atom. The largest absolute Gasteiger partial charge is 0.444 e. The molecule has 0 radical (unpaired) electrons. The molecule has 1 atom stereocenters. The summed E-state index contributed by atoms with van der Waals surface area (Å²) in [5.41, 5.74) is 0.832. The van der Waals surface area contributed by atoms with Crippen LogP contribution < -0.4 is 0 Å². The predicted octanol–water partition coefficient (Wildman–Crippen LogP) is 3.14. The monoisotopic (exact) mass is 334 g/mol. The van der Waals surface area contributed by atoms with Gasteiger partial charge in [-0.25, -0.2) is 4.79 Å². The molecule has 5 heteroatoms. The van der Waals surface area contributed by atoms with E-state index in [1.807, 2.05) is 31.7 Å². The van der Waals surface area contributed by atoms with Crippen LogP contribution in [0.4, 0.5) is 4.79 Å². The zero-order valence-electron chi connectivity index (χ0n) is 15.3. The fourth-order valence-electron chi connectivity index (χ4n) is 2.97. The third-order valence-corrected chi connectivity index (χ3v) is 4.10. The summed E-state index contributed by atoms with van der Waals surface area (Å²) in [4.78, 5) is 16.8. The lowest BCUT2D eigenvalue weighted by Gasteiger charge is -2.41. The SMILES string of the molecule is COCCC1CN(Cc2ccccc2)CCN1C(=O)OC(C)(C)C. The number of piperazine rings is 1. The predicted molar refractivity (Wildman–Crippen MR) is 94.9 cm³/mol. The Kier molecular flexibility index (Phi) is 6.63. The molecule has 24 heavy (non-hydrogen) atoms. The van der Waals surface area contributed by atoms with Gasteiger partial charge in [-0.2, -0.15) is 0 Å². The van der Waals surface area contributed by atoms with Gasteiger partial charge < -0.3 is 14.4 Å². The summed E-state index contributed by atoms with van der Waals surface area (Å²) in [6, 6.07) is 10.6. The Balaban J connectivity index is 1.99. The number of hydrogen-bond donors (Lipinski definition) is 0. The minimum atomic E-state index is -0.468. The number of methoxy groups -OCH3 is 1. The van der Waals surface area contributed by atoms with E-state index in [2.05, 4.69) is 29.2 Å². The van der Waals surface area contributed by atoms with Crippen LogP contribution in [-0.4, -0.2) is 60.9 Å². The van der Waals surface area contributed by atoms with E-state index in [9.17, 15) is 4.79 Å². The fourth-order valence-corrected chi connectivity index (χ4v) is 2.97. The molecule has 0 bridgehead atoms. The summed E-state index contributed by atoms with van der Waals surface area (Å²) >= 11 is 0. The summed E-state index contributed by atoms with van der Waals surface area (Å²) in [5.74, 6) is 0. The first-order chi connectivity index (χ1) is 11.4. The van der Waals surface area contributed by atoms with Gasteiger partial charge in [-0.1, -0.05) is 30.3 Å². The van der Waals surface area contributed by atoms with Gasteiger partial charge in [0.2, 0.25) is 0 Å². The van der Waals surface area contributed by atoms with Crippen molar-refractivity contribution in [2.45, 2.75) is 45.4 Å². The molecule has 1 amide bonds. The van der Waals surface area contributed by atoms with Crippen molar-refractivity contribution in [3.8, 4) is 0 Å². The van der Waals surface area contributed by atoms with E-state index in [1.165, 1.54) is 5.56 Å². The van der Waals surface area contributed by atoms with E-state index in [0.29, 0.717) is 13.2 Å². The molecule has 1 fully saturated rings. The molecule has 1 heterocycles. The minimum Gasteiger partial charge on any atom is -0.444 e. The van der Waals surface area contributed by atoms with Gasteiger partial charge in [0.1, 0.15) is 5.60 Å². The second-order valence-corrected chi connectivity index (χ2v) is 7.33. The summed E-state index contributed by atoms with van der Waals surface area (Å²) < 4.78 is 10.8. The molecule has 1 aliphatic heterocycles. The molecule has 0 saturated carbocycles. The number of ether oxygens (including phenoxy) is 2. The van der Waals surface area contributed by atoms with Gasteiger partial charge >= 0.3 is 6.09 Å². The molecule has 0 aliphatic carbocycles. The standard InChI is InChI=1S/C19H30N2O3/c1-19(2,3)24-18(22)21-12-11-20(15-17(21)10-13-23-4)14-16-8-6-5-7-9-16/h5-9,17H,10-15H2,1-4H3. The highest BCUT2D eigenvalue weighted by Gasteiger charge is 2.33. The highest BCUT2D eigenvalue weighted by molar-refractivity contribution is 5.68. The molecule has 0 spiro atoms. The van der Waals surface area contributed by atoms with E-state index in [-0.39, 0.29) is 12.1 Å². The summed E-state index contributed by atoms with van der Waals surface area (Å²) in [5, 5.41) is 0. The Bertz CT molecular complexity index is 513. The molecule has 1 aromatic carbocycles. The second-order valence-electron chi connectivity index (χ2n) is 7.33. The van der Waals surface area contributed by atoms with Crippen molar-refractivity contribution in [2.24, 2.45) is 0 Å². The zero-order valence-corrected chi connectivity index (χ0v) is 15.3. The van der Waals surface area contributed by atoms with E-state index in [4.69, 9.17) is 9.47 Å². The van der Waals surface area contributed by atoms with Crippen molar-refractivity contribution >= 4 is 6.09 Å². The van der Waals surface area contributed by atoms with Gasteiger partial charge in [0.05, 0.1) is 0 Å². The van der Waals surface area contributed by atoms with Crippen molar-refractivity contribution in [2.75, 3.05) is 33.4 Å². The highest BCUT2D eigenvalue weighted by atomic mass is 16.6. The van der Waals surface area contributed by atoms with Crippen LogP contribution in [0.3, 0.4) is 0 Å². The highest BCUT2D eigenvalue weighted by Crippen LogP contribution is 2.19. The van der Waals surface area contributed by atoms with Gasteiger partial charge in [-0.05, 0) is 32.8 Å². The van der Waals surface area contributed by atoms with Gasteiger partial charge in [-0.3, -0.25) is 4.90 Å². The minimum absolute atomic E-state index is 0.122. The lowest BCUT2D eigenvalue weighted by molar-refractivity contribution is -0.00740. The Hall–Kier alpha value is -1.59. The smallest absolute Gasteiger partial charge is 0.410 e. The van der Waals surface area contributed by atoms with Crippen LogP contribution >= 0.6 is 0 Å². The van der Waals surface area contributed by atoms with Crippen LogP contribution in [-0.2, 0) is 16.0 Å². The maximum atomic E-state index is 12.5. The van der Waals surface area contributed by atoms with Crippen LogP contribution in [0, 0.1) is 0 Å². The molecular formula is C19H30N2O3. The molecule has 0 N–H and O–H groups in total. The lowest BCUT2D eigenvalue weighted by Crippen LogP contribution is -2.56. The van der Waals surface area contributed by atoms with Crippen LogP contribution in [0.15, 0.2) is 30.3 Å². The number of hydrogen-bond acceptors (Lipinski definition) is 4. The van der Waals surface area contributed by atoms with E-state index >= 15 is 0 Å². The summed E-state index contributed by atoms with van der Waals surface area (Å²) in [7, 11) is 1.70. The lowest BCUT2D eigenvalue weighted by atomic mass is 10.1. The first-order valence-corrected chi connectivity index (χ1v) is 8.64. The average molecular weight is 334 g/mol. The normalized spacial score (nSPS) is 19.3. The van der Waals surface area contributed by atoms with Gasteiger partial charge in [-0.15, -0.1) is 0 Å². The molecular weight excluding hydrogens is 304 g/mol. The van der Waals surface area contributed by atoms with Crippen molar-refractivity contribution in [1.29, 1.82) is 0 Å². The zero-order chi connectivity index (χ0) is 17.6. The Morgan fingerprint density at radius 1 is 1.21 bits per heavy atom. The Labute approximate surface area is 145 Å². The molecule has 1 aliphatic rings. The maximum Gasteiger partial charge on any atom is 0.410 e. The first-order valence-electron chi connectivity index (χ1n) is 8.64. The van der Waals surface area contributed by atoms with Crippen molar-refractivity contribution in [3.63, 3.8) is 0 Å². The quantitative estimate of drug-likeness (QED) is 0.829. The molecule has 2 rings (SSSR count). The number of carbonyl (C=O) groups is 1. The van der Waals surface area contributed by atoms with Gasteiger partial charge in [0.15, 0.2) is 0 Å². The molecule has 5 nitrogen and oxygen atoms in total. The van der Waals surface area contributed by atoms with Crippen LogP contribution in [0.1, 0.15) is 32.8 Å². The van der Waals surface area contributed by atoms with Crippen molar-refractivity contribution in [3.05, 3.63) is 35.9 Å². The number of rotatable bonds is 5. The van der Waals surface area contributed by atoms with Gasteiger partial charge in [0.25, 0.3) is 0 Å².